The highest BCUT2D eigenvalue weighted by atomic mass is 16.5. The molecular formula is C23H37N5O. The first kappa shape index (κ1) is 20.6. The summed E-state index contributed by atoms with van der Waals surface area (Å²) in [6.07, 6.45) is 4.32. The second-order valence-electron chi connectivity index (χ2n) is 8.69. The Kier molecular flexibility index (Phi) is 7.06. The fourth-order valence-corrected chi connectivity index (χ4v) is 5.08. The van der Waals surface area contributed by atoms with Crippen LogP contribution in [0.25, 0.3) is 0 Å². The van der Waals surface area contributed by atoms with Gasteiger partial charge in [-0.25, -0.2) is 0 Å². The van der Waals surface area contributed by atoms with Crippen molar-refractivity contribution in [2.75, 3.05) is 52.9 Å². The van der Waals surface area contributed by atoms with Gasteiger partial charge in [0.1, 0.15) is 0 Å². The van der Waals surface area contributed by atoms with E-state index in [2.05, 4.69) is 62.3 Å². The minimum Gasteiger partial charge on any atom is -0.373 e. The molecule has 0 spiro atoms. The van der Waals surface area contributed by atoms with Crippen molar-refractivity contribution in [1.29, 1.82) is 0 Å². The van der Waals surface area contributed by atoms with Gasteiger partial charge in [-0.05, 0) is 31.9 Å². The molecule has 3 saturated heterocycles. The average Bonchev–Trinajstić information content (AvgIpc) is 3.18. The molecule has 3 atom stereocenters. The van der Waals surface area contributed by atoms with Crippen molar-refractivity contribution in [3.8, 4) is 0 Å². The number of hydrogen-bond acceptors (Lipinski definition) is 4. The molecule has 0 bridgehead atoms. The highest BCUT2D eigenvalue weighted by molar-refractivity contribution is 5.80. The minimum atomic E-state index is 0.271. The maximum absolute atomic E-state index is 6.13. The van der Waals surface area contributed by atoms with Crippen molar-refractivity contribution in [2.24, 2.45) is 4.99 Å². The van der Waals surface area contributed by atoms with E-state index in [9.17, 15) is 0 Å². The summed E-state index contributed by atoms with van der Waals surface area (Å²) in [7, 11) is 1.90. The maximum Gasteiger partial charge on any atom is 0.193 e. The molecule has 1 N–H and O–H groups in total. The van der Waals surface area contributed by atoms with E-state index >= 15 is 0 Å². The molecule has 1 aromatic rings. The molecule has 29 heavy (non-hydrogen) atoms. The predicted molar refractivity (Wildman–Crippen MR) is 118 cm³/mol. The Labute approximate surface area is 175 Å². The lowest BCUT2D eigenvalue weighted by Gasteiger charge is -2.36. The van der Waals surface area contributed by atoms with Crippen molar-refractivity contribution in [2.45, 2.75) is 50.9 Å². The first-order valence-electron chi connectivity index (χ1n) is 11.3. The van der Waals surface area contributed by atoms with Gasteiger partial charge in [-0.2, -0.15) is 0 Å². The van der Waals surface area contributed by atoms with Crippen LogP contribution >= 0.6 is 0 Å². The van der Waals surface area contributed by atoms with Gasteiger partial charge in [0.2, 0.25) is 0 Å². The van der Waals surface area contributed by atoms with Crippen LogP contribution in [-0.4, -0.2) is 91.8 Å². The number of ether oxygens (including phenoxy) is 1. The van der Waals surface area contributed by atoms with Crippen molar-refractivity contribution < 1.29 is 4.74 Å². The van der Waals surface area contributed by atoms with E-state index in [0.717, 1.165) is 51.8 Å². The normalized spacial score (nSPS) is 29.1. The van der Waals surface area contributed by atoms with Crippen LogP contribution in [0.15, 0.2) is 35.3 Å². The summed E-state index contributed by atoms with van der Waals surface area (Å²) < 4.78 is 6.13. The number of likely N-dealkylation sites (tertiary alicyclic amines) is 2. The number of aliphatic imine (C=N–C) groups is 1. The smallest absolute Gasteiger partial charge is 0.193 e. The molecule has 0 saturated carbocycles. The van der Waals surface area contributed by atoms with Crippen LogP contribution in [0.5, 0.6) is 0 Å². The third kappa shape index (κ3) is 5.11. The predicted octanol–water partition coefficient (Wildman–Crippen LogP) is 2.02. The van der Waals surface area contributed by atoms with Gasteiger partial charge in [-0.15, -0.1) is 0 Å². The number of rotatable bonds is 5. The van der Waals surface area contributed by atoms with Crippen molar-refractivity contribution in [3.63, 3.8) is 0 Å². The summed E-state index contributed by atoms with van der Waals surface area (Å²) >= 11 is 0. The third-order valence-corrected chi connectivity index (χ3v) is 6.78. The third-order valence-electron chi connectivity index (χ3n) is 6.78. The van der Waals surface area contributed by atoms with Crippen LogP contribution in [0.2, 0.25) is 0 Å². The van der Waals surface area contributed by atoms with Crippen LogP contribution in [0.3, 0.4) is 0 Å². The van der Waals surface area contributed by atoms with E-state index in [1.54, 1.807) is 0 Å². The molecule has 3 fully saturated rings. The number of nitrogens with one attached hydrogen (secondary N) is 1. The largest absolute Gasteiger partial charge is 0.373 e. The summed E-state index contributed by atoms with van der Waals surface area (Å²) in [6.45, 7) is 10.4. The lowest BCUT2D eigenvalue weighted by molar-refractivity contribution is -0.0502. The fraction of sp³-hybridized carbons (Fsp3) is 0.696. The molecule has 3 heterocycles. The van der Waals surface area contributed by atoms with Gasteiger partial charge in [0, 0.05) is 52.4 Å². The number of guanidine groups is 1. The zero-order valence-electron chi connectivity index (χ0n) is 18.1. The molecule has 0 radical (unpaired) electrons. The Bertz CT molecular complexity index is 666. The van der Waals surface area contributed by atoms with Crippen LogP contribution in [0, 0.1) is 0 Å². The Morgan fingerprint density at radius 1 is 1.14 bits per heavy atom. The molecular weight excluding hydrogens is 362 g/mol. The van der Waals surface area contributed by atoms with Crippen molar-refractivity contribution in [1.82, 2.24) is 20.0 Å². The molecule has 3 unspecified atom stereocenters. The lowest BCUT2D eigenvalue weighted by Crippen LogP contribution is -2.50. The zero-order chi connectivity index (χ0) is 20.1. The molecule has 6 heteroatoms. The van der Waals surface area contributed by atoms with Gasteiger partial charge in [-0.3, -0.25) is 14.8 Å². The summed E-state index contributed by atoms with van der Waals surface area (Å²) in [6, 6.07) is 11.9. The summed E-state index contributed by atoms with van der Waals surface area (Å²) in [5.74, 6) is 1.02. The number of piperidine rings is 1. The Morgan fingerprint density at radius 2 is 2.00 bits per heavy atom. The molecule has 0 amide bonds. The van der Waals surface area contributed by atoms with Gasteiger partial charge in [0.25, 0.3) is 0 Å². The van der Waals surface area contributed by atoms with Crippen LogP contribution in [0.4, 0.5) is 0 Å². The highest BCUT2D eigenvalue weighted by Gasteiger charge is 2.41. The molecule has 0 aliphatic carbocycles. The van der Waals surface area contributed by atoms with Gasteiger partial charge < -0.3 is 15.0 Å². The van der Waals surface area contributed by atoms with E-state index in [-0.39, 0.29) is 6.10 Å². The zero-order valence-corrected chi connectivity index (χ0v) is 18.1. The topological polar surface area (TPSA) is 43.3 Å². The number of hydrogen-bond donors (Lipinski definition) is 1. The fourth-order valence-electron chi connectivity index (χ4n) is 5.08. The molecule has 0 aromatic heterocycles. The van der Waals surface area contributed by atoms with Gasteiger partial charge in [0.05, 0.1) is 18.8 Å². The Morgan fingerprint density at radius 3 is 2.79 bits per heavy atom. The number of fused-ring (bicyclic) bond motifs is 1. The quantitative estimate of drug-likeness (QED) is 0.606. The monoisotopic (exact) mass is 399 g/mol. The van der Waals surface area contributed by atoms with Crippen LogP contribution in [-0.2, 0) is 11.3 Å². The summed E-state index contributed by atoms with van der Waals surface area (Å²) in [5.41, 5.74) is 1.38. The lowest BCUT2D eigenvalue weighted by atomic mass is 10.0. The molecule has 6 nitrogen and oxygen atoms in total. The number of morpholine rings is 1. The van der Waals surface area contributed by atoms with Gasteiger partial charge in [0.15, 0.2) is 5.96 Å². The molecule has 3 aliphatic heterocycles. The van der Waals surface area contributed by atoms with E-state index in [1.807, 2.05) is 7.05 Å². The first-order valence-corrected chi connectivity index (χ1v) is 11.3. The van der Waals surface area contributed by atoms with E-state index < -0.39 is 0 Å². The van der Waals surface area contributed by atoms with E-state index in [4.69, 9.17) is 4.74 Å². The van der Waals surface area contributed by atoms with Gasteiger partial charge >= 0.3 is 0 Å². The standard InChI is InChI=1S/C23H37N5O/c1-19-8-6-7-12-26(19)13-11-25-23(24-2)28-17-21-22(18-28)29-15-14-27(21)16-20-9-4-3-5-10-20/h3-5,9-10,19,21-22H,6-8,11-18H2,1-2H3,(H,24,25). The van der Waals surface area contributed by atoms with Crippen LogP contribution < -0.4 is 5.32 Å². The van der Waals surface area contributed by atoms with E-state index in [1.165, 1.54) is 31.4 Å². The molecule has 4 rings (SSSR count). The molecule has 3 aliphatic rings. The minimum absolute atomic E-state index is 0.271. The number of benzene rings is 1. The molecule has 1 aromatic carbocycles. The summed E-state index contributed by atoms with van der Waals surface area (Å²) in [5, 5.41) is 3.61. The van der Waals surface area contributed by atoms with Crippen LogP contribution in [0.1, 0.15) is 31.7 Å². The SMILES string of the molecule is CN=C(NCCN1CCCCC1C)N1CC2OCCN(Cc3ccccc3)C2C1. The Balaban J connectivity index is 1.30. The van der Waals surface area contributed by atoms with Crippen molar-refractivity contribution >= 4 is 5.96 Å². The second kappa shape index (κ2) is 9.92. The number of nitrogens with zero attached hydrogens (tertiary/aromatic N) is 4. The van der Waals surface area contributed by atoms with Crippen molar-refractivity contribution in [3.05, 3.63) is 35.9 Å². The van der Waals surface area contributed by atoms with Gasteiger partial charge in [-0.1, -0.05) is 36.8 Å². The highest BCUT2D eigenvalue weighted by Crippen LogP contribution is 2.24. The average molecular weight is 400 g/mol. The maximum atomic E-state index is 6.13. The Hall–Kier alpha value is -1.63. The molecule has 160 valence electrons. The summed E-state index contributed by atoms with van der Waals surface area (Å²) in [4.78, 5) is 12.2. The first-order chi connectivity index (χ1) is 14.2. The second-order valence-corrected chi connectivity index (χ2v) is 8.69. The van der Waals surface area contributed by atoms with E-state index in [0.29, 0.717) is 12.1 Å².